The molecule has 0 radical (unpaired) electrons. The zero-order valence-corrected chi connectivity index (χ0v) is 21.0. The minimum Gasteiger partial charge on any atom is -0.508 e. The van der Waals surface area contributed by atoms with Gasteiger partial charge in [0.25, 0.3) is 0 Å². The van der Waals surface area contributed by atoms with Crippen LogP contribution in [0.3, 0.4) is 0 Å². The van der Waals surface area contributed by atoms with Gasteiger partial charge in [-0.2, -0.15) is 0 Å². The first-order valence-corrected chi connectivity index (χ1v) is 13.7. The fourth-order valence-electron chi connectivity index (χ4n) is 6.88. The number of ether oxygens (including phenoxy) is 1. The van der Waals surface area contributed by atoms with Crippen LogP contribution in [0.15, 0.2) is 30.5 Å². The van der Waals surface area contributed by atoms with Crippen molar-refractivity contribution in [3.8, 4) is 5.75 Å². The Morgan fingerprint density at radius 2 is 2.03 bits per heavy atom. The summed E-state index contributed by atoms with van der Waals surface area (Å²) in [6, 6.07) is 5.72. The van der Waals surface area contributed by atoms with Gasteiger partial charge in [0, 0.05) is 44.2 Å². The van der Waals surface area contributed by atoms with Gasteiger partial charge >= 0.3 is 0 Å². The molecule has 3 aliphatic heterocycles. The van der Waals surface area contributed by atoms with E-state index >= 15 is 4.39 Å². The molecule has 1 aromatic heterocycles. The van der Waals surface area contributed by atoms with Crippen molar-refractivity contribution < 1.29 is 14.2 Å². The average Bonchev–Trinajstić information content (AvgIpc) is 3.58. The van der Waals surface area contributed by atoms with E-state index in [1.54, 1.807) is 12.1 Å². The highest BCUT2D eigenvalue weighted by Crippen LogP contribution is 2.45. The third kappa shape index (κ3) is 4.49. The third-order valence-corrected chi connectivity index (χ3v) is 8.92. The molecule has 8 heteroatoms. The number of aromatic nitrogens is 2. The fourth-order valence-corrected chi connectivity index (χ4v) is 6.88. The van der Waals surface area contributed by atoms with Crippen LogP contribution >= 0.6 is 0 Å². The van der Waals surface area contributed by atoms with Gasteiger partial charge in [0.2, 0.25) is 0 Å². The van der Waals surface area contributed by atoms with Gasteiger partial charge in [-0.25, -0.2) is 14.8 Å². The maximum Gasteiger partial charge on any atom is 0.125 e. The Bertz CT molecular complexity index is 1100. The standard InChI is InChI=1S/C28H38FN5O2/c1-2-17-15-20(35)3-4-21(17)22-5-6-23-26(25(22)29)32-33-27(23)28-30-16-24(31-28)18-7-11-34(12-8-18)19-9-13-36-14-10-19/h3-4,7,15-16,19,22-23,25-27,32-33,35H,2,5-6,8-14H2,1H3,(H,30,31). The number of aromatic hydroxyl groups is 1. The molecule has 0 amide bonds. The number of alkyl halides is 1. The number of hydrogen-bond acceptors (Lipinski definition) is 6. The van der Waals surface area contributed by atoms with E-state index in [9.17, 15) is 5.11 Å². The number of imidazole rings is 1. The lowest BCUT2D eigenvalue weighted by atomic mass is 9.71. The molecule has 5 atom stereocenters. The highest BCUT2D eigenvalue weighted by Gasteiger charge is 2.48. The molecule has 0 spiro atoms. The minimum atomic E-state index is -0.997. The van der Waals surface area contributed by atoms with Crippen molar-refractivity contribution in [2.24, 2.45) is 5.92 Å². The lowest BCUT2D eigenvalue weighted by Gasteiger charge is -2.36. The molecule has 4 heterocycles. The number of hydrazine groups is 1. The van der Waals surface area contributed by atoms with Crippen molar-refractivity contribution in [1.29, 1.82) is 0 Å². The number of aromatic amines is 1. The zero-order chi connectivity index (χ0) is 24.6. The van der Waals surface area contributed by atoms with Crippen molar-refractivity contribution in [3.05, 3.63) is 53.1 Å². The molecule has 1 aliphatic carbocycles. The van der Waals surface area contributed by atoms with E-state index in [0.717, 1.165) is 87.5 Å². The Kier molecular flexibility index (Phi) is 6.86. The van der Waals surface area contributed by atoms with Crippen LogP contribution in [0.25, 0.3) is 5.57 Å². The van der Waals surface area contributed by atoms with Gasteiger partial charge < -0.3 is 14.8 Å². The maximum absolute atomic E-state index is 15.9. The summed E-state index contributed by atoms with van der Waals surface area (Å²) >= 11 is 0. The van der Waals surface area contributed by atoms with E-state index in [4.69, 9.17) is 9.72 Å². The number of benzene rings is 1. The van der Waals surface area contributed by atoms with Crippen molar-refractivity contribution in [2.75, 3.05) is 26.3 Å². The maximum atomic E-state index is 15.9. The number of rotatable bonds is 5. The number of hydrogen-bond donors (Lipinski definition) is 4. The number of aryl methyl sites for hydroxylation is 1. The molecule has 6 rings (SSSR count). The number of fused-ring (bicyclic) bond motifs is 1. The Hall–Kier alpha value is -2.26. The molecular weight excluding hydrogens is 457 g/mol. The monoisotopic (exact) mass is 495 g/mol. The fraction of sp³-hybridized carbons (Fsp3) is 0.607. The molecular formula is C28H38FN5O2. The van der Waals surface area contributed by atoms with Crippen LogP contribution in [0.4, 0.5) is 4.39 Å². The van der Waals surface area contributed by atoms with Crippen LogP contribution in [0.5, 0.6) is 5.75 Å². The first kappa shape index (κ1) is 24.1. The Morgan fingerprint density at radius 1 is 1.17 bits per heavy atom. The third-order valence-electron chi connectivity index (χ3n) is 8.92. The molecule has 2 saturated heterocycles. The molecule has 1 saturated carbocycles. The van der Waals surface area contributed by atoms with E-state index in [2.05, 4.69) is 33.7 Å². The predicted molar refractivity (Wildman–Crippen MR) is 137 cm³/mol. The summed E-state index contributed by atoms with van der Waals surface area (Å²) in [6.07, 6.45) is 9.06. The van der Waals surface area contributed by atoms with Crippen molar-refractivity contribution >= 4 is 5.57 Å². The van der Waals surface area contributed by atoms with Gasteiger partial charge in [-0.15, -0.1) is 0 Å². The summed E-state index contributed by atoms with van der Waals surface area (Å²) in [7, 11) is 0. The Balaban J connectivity index is 1.13. The summed E-state index contributed by atoms with van der Waals surface area (Å²) in [5, 5.41) is 9.88. The van der Waals surface area contributed by atoms with Crippen LogP contribution in [0.2, 0.25) is 0 Å². The number of nitrogens with one attached hydrogen (secondary N) is 3. The summed E-state index contributed by atoms with van der Waals surface area (Å²) in [5.74, 6) is 1.12. The van der Waals surface area contributed by atoms with Gasteiger partial charge in [0.15, 0.2) is 0 Å². The molecule has 4 aliphatic rings. The molecule has 5 unspecified atom stereocenters. The van der Waals surface area contributed by atoms with Gasteiger partial charge in [0.05, 0.1) is 24.0 Å². The summed E-state index contributed by atoms with van der Waals surface area (Å²) < 4.78 is 21.4. The molecule has 4 N–H and O–H groups in total. The SMILES string of the molecule is CCc1cc(O)ccc1C1CCC2C(c3ncc(C4=CCN(C5CCOCC5)CC4)[nH]3)NNC2C1F. The lowest BCUT2D eigenvalue weighted by Crippen LogP contribution is -2.45. The quantitative estimate of drug-likeness (QED) is 0.502. The van der Waals surface area contributed by atoms with Gasteiger partial charge in [-0.05, 0) is 67.4 Å². The first-order valence-electron chi connectivity index (χ1n) is 13.7. The number of H-pyrrole nitrogens is 1. The molecule has 36 heavy (non-hydrogen) atoms. The van der Waals surface area contributed by atoms with E-state index < -0.39 is 6.17 Å². The molecule has 2 aromatic rings. The topological polar surface area (TPSA) is 85.4 Å². The highest BCUT2D eigenvalue weighted by atomic mass is 19.1. The minimum absolute atomic E-state index is 0.0312. The molecule has 194 valence electrons. The van der Waals surface area contributed by atoms with Crippen molar-refractivity contribution in [3.63, 3.8) is 0 Å². The Morgan fingerprint density at radius 3 is 2.81 bits per heavy atom. The van der Waals surface area contributed by atoms with E-state index in [1.165, 1.54) is 5.57 Å². The highest BCUT2D eigenvalue weighted by molar-refractivity contribution is 5.63. The van der Waals surface area contributed by atoms with Gasteiger partial charge in [-0.1, -0.05) is 19.1 Å². The second-order valence-electron chi connectivity index (χ2n) is 10.8. The summed E-state index contributed by atoms with van der Waals surface area (Å²) in [5.41, 5.74) is 11.1. The van der Waals surface area contributed by atoms with E-state index in [0.29, 0.717) is 6.04 Å². The number of halogens is 1. The van der Waals surface area contributed by atoms with Crippen LogP contribution in [-0.2, 0) is 11.2 Å². The molecule has 0 bridgehead atoms. The van der Waals surface area contributed by atoms with Crippen molar-refractivity contribution in [1.82, 2.24) is 25.7 Å². The van der Waals surface area contributed by atoms with E-state index in [1.807, 2.05) is 12.3 Å². The molecule has 3 fully saturated rings. The van der Waals surface area contributed by atoms with Gasteiger partial charge in [-0.3, -0.25) is 10.3 Å². The number of phenolic OH excluding ortho intramolecular Hbond substituents is 1. The van der Waals surface area contributed by atoms with Crippen LogP contribution < -0.4 is 10.9 Å². The first-order chi connectivity index (χ1) is 17.6. The second kappa shape index (κ2) is 10.2. The zero-order valence-electron chi connectivity index (χ0n) is 21.0. The number of phenols is 1. The molecule has 1 aromatic carbocycles. The van der Waals surface area contributed by atoms with E-state index in [-0.39, 0.29) is 29.7 Å². The molecule has 7 nitrogen and oxygen atoms in total. The average molecular weight is 496 g/mol. The number of nitrogens with zero attached hydrogens (tertiary/aromatic N) is 2. The van der Waals surface area contributed by atoms with Crippen molar-refractivity contribution in [2.45, 2.75) is 75.7 Å². The largest absolute Gasteiger partial charge is 0.508 e. The normalized spacial score (nSPS) is 31.8. The predicted octanol–water partition coefficient (Wildman–Crippen LogP) is 4.00. The van der Waals surface area contributed by atoms with Gasteiger partial charge in [0.1, 0.15) is 17.7 Å². The lowest BCUT2D eigenvalue weighted by molar-refractivity contribution is 0.0378. The van der Waals surface area contributed by atoms with Crippen LogP contribution in [0.1, 0.15) is 73.6 Å². The summed E-state index contributed by atoms with van der Waals surface area (Å²) in [6.45, 7) is 5.86. The van der Waals surface area contributed by atoms with Crippen LogP contribution in [0, 0.1) is 5.92 Å². The second-order valence-corrected chi connectivity index (χ2v) is 10.8. The smallest absolute Gasteiger partial charge is 0.125 e. The Labute approximate surface area is 212 Å². The summed E-state index contributed by atoms with van der Waals surface area (Å²) in [4.78, 5) is 10.9. The van der Waals surface area contributed by atoms with Crippen LogP contribution in [-0.4, -0.2) is 64.5 Å².